The maximum atomic E-state index is 12.5. The van der Waals surface area contributed by atoms with Crippen LogP contribution in [0.1, 0.15) is 26.5 Å². The number of carbonyl (C=O) groups excluding carboxylic acids is 1. The third-order valence-electron chi connectivity index (χ3n) is 4.83. The third-order valence-corrected chi connectivity index (χ3v) is 6.48. The highest BCUT2D eigenvalue weighted by Gasteiger charge is 2.24. The van der Waals surface area contributed by atoms with Crippen LogP contribution in [0.25, 0.3) is 0 Å². The standard InChI is InChI=1S/C21H20Cl2N4O3S/c1-29-15-5-3-14(4-6-15)24-20(28)21-26-25-19(31-21)12-27-8-9-30-18(11-27)13-2-7-16(22)17(23)10-13/h2-7,10,18H,8-9,11-12H2,1H3,(H,24,28). The van der Waals surface area contributed by atoms with Crippen molar-refractivity contribution in [3.05, 3.63) is 68.1 Å². The Morgan fingerprint density at radius 2 is 2.03 bits per heavy atom. The van der Waals surface area contributed by atoms with Gasteiger partial charge in [-0.2, -0.15) is 0 Å². The van der Waals surface area contributed by atoms with Crippen LogP contribution < -0.4 is 10.1 Å². The second kappa shape index (κ2) is 9.93. The molecule has 1 aliphatic rings. The number of halogens is 2. The third kappa shape index (κ3) is 5.53. The Kier molecular flexibility index (Phi) is 7.04. The van der Waals surface area contributed by atoms with Gasteiger partial charge in [0.15, 0.2) is 0 Å². The van der Waals surface area contributed by atoms with Crippen LogP contribution in [0, 0.1) is 0 Å². The maximum Gasteiger partial charge on any atom is 0.286 e. The molecule has 0 saturated carbocycles. The van der Waals surface area contributed by atoms with Gasteiger partial charge < -0.3 is 14.8 Å². The number of hydrogen-bond donors (Lipinski definition) is 1. The SMILES string of the molecule is COc1ccc(NC(=O)c2nnc(CN3CCOC(c4ccc(Cl)c(Cl)c4)C3)s2)cc1. The van der Waals surface area contributed by atoms with Gasteiger partial charge in [0.05, 0.1) is 36.4 Å². The monoisotopic (exact) mass is 478 g/mol. The number of rotatable bonds is 6. The molecule has 0 spiro atoms. The van der Waals surface area contributed by atoms with E-state index in [1.807, 2.05) is 12.1 Å². The minimum Gasteiger partial charge on any atom is -0.497 e. The summed E-state index contributed by atoms with van der Waals surface area (Å²) < 4.78 is 11.0. The summed E-state index contributed by atoms with van der Waals surface area (Å²) in [5.41, 5.74) is 1.65. The fraction of sp³-hybridized carbons (Fsp3) is 0.286. The molecule has 0 bridgehead atoms. The number of aromatic nitrogens is 2. The van der Waals surface area contributed by atoms with E-state index in [0.717, 1.165) is 22.9 Å². The second-order valence-electron chi connectivity index (χ2n) is 6.95. The summed E-state index contributed by atoms with van der Waals surface area (Å²) in [6, 6.07) is 12.7. The number of morpholine rings is 1. The predicted octanol–water partition coefficient (Wildman–Crippen LogP) is 4.68. The Morgan fingerprint density at radius 1 is 1.23 bits per heavy atom. The lowest BCUT2D eigenvalue weighted by Gasteiger charge is -2.32. The van der Waals surface area contributed by atoms with Crippen LogP contribution in [0.2, 0.25) is 10.0 Å². The lowest BCUT2D eigenvalue weighted by molar-refractivity contribution is -0.0329. The van der Waals surface area contributed by atoms with Crippen molar-refractivity contribution in [2.24, 2.45) is 0 Å². The number of anilines is 1. The van der Waals surface area contributed by atoms with Gasteiger partial charge in [-0.05, 0) is 42.0 Å². The van der Waals surface area contributed by atoms with E-state index in [9.17, 15) is 4.79 Å². The quantitative estimate of drug-likeness (QED) is 0.554. The van der Waals surface area contributed by atoms with Crippen LogP contribution in [0.3, 0.4) is 0 Å². The van der Waals surface area contributed by atoms with Crippen molar-refractivity contribution >= 4 is 46.1 Å². The summed E-state index contributed by atoms with van der Waals surface area (Å²) in [4.78, 5) is 14.7. The molecule has 1 unspecified atom stereocenters. The molecule has 7 nitrogen and oxygen atoms in total. The zero-order valence-electron chi connectivity index (χ0n) is 16.7. The first kappa shape index (κ1) is 22.0. The summed E-state index contributed by atoms with van der Waals surface area (Å²) in [7, 11) is 1.59. The van der Waals surface area contributed by atoms with Crippen molar-refractivity contribution in [2.75, 3.05) is 32.1 Å². The van der Waals surface area contributed by atoms with Crippen molar-refractivity contribution in [1.82, 2.24) is 15.1 Å². The number of ether oxygens (including phenoxy) is 2. The molecule has 1 amide bonds. The molecule has 2 heterocycles. The average molecular weight is 479 g/mol. The molecule has 31 heavy (non-hydrogen) atoms. The lowest BCUT2D eigenvalue weighted by Crippen LogP contribution is -2.37. The number of methoxy groups -OCH3 is 1. The second-order valence-corrected chi connectivity index (χ2v) is 8.83. The molecule has 1 atom stereocenters. The Morgan fingerprint density at radius 3 is 2.77 bits per heavy atom. The number of nitrogens with zero attached hydrogens (tertiary/aromatic N) is 3. The topological polar surface area (TPSA) is 76.6 Å². The van der Waals surface area contributed by atoms with Crippen LogP contribution in [-0.4, -0.2) is 47.8 Å². The zero-order valence-corrected chi connectivity index (χ0v) is 19.0. The molecule has 1 aromatic heterocycles. The van der Waals surface area contributed by atoms with E-state index in [0.29, 0.717) is 40.4 Å². The molecule has 1 aliphatic heterocycles. The minimum atomic E-state index is -0.287. The normalized spacial score (nSPS) is 16.8. The van der Waals surface area contributed by atoms with E-state index in [1.165, 1.54) is 11.3 Å². The lowest BCUT2D eigenvalue weighted by atomic mass is 10.1. The van der Waals surface area contributed by atoms with Crippen LogP contribution in [0.15, 0.2) is 42.5 Å². The Bertz CT molecular complexity index is 1060. The highest BCUT2D eigenvalue weighted by Crippen LogP contribution is 2.29. The fourth-order valence-electron chi connectivity index (χ4n) is 3.22. The molecule has 1 saturated heterocycles. The summed E-state index contributed by atoms with van der Waals surface area (Å²) in [6.07, 6.45) is -0.103. The Hall–Kier alpha value is -2.23. The van der Waals surface area contributed by atoms with Crippen LogP contribution in [0.4, 0.5) is 5.69 Å². The van der Waals surface area contributed by atoms with Gasteiger partial charge in [-0.25, -0.2) is 0 Å². The van der Waals surface area contributed by atoms with Gasteiger partial charge in [-0.3, -0.25) is 9.69 Å². The van der Waals surface area contributed by atoms with Gasteiger partial charge in [-0.1, -0.05) is 40.6 Å². The van der Waals surface area contributed by atoms with E-state index in [1.54, 1.807) is 37.4 Å². The highest BCUT2D eigenvalue weighted by molar-refractivity contribution is 7.13. The number of benzene rings is 2. The molecule has 3 aromatic rings. The van der Waals surface area contributed by atoms with Crippen LogP contribution in [0.5, 0.6) is 5.75 Å². The summed E-state index contributed by atoms with van der Waals surface area (Å²) in [6.45, 7) is 2.64. The summed E-state index contributed by atoms with van der Waals surface area (Å²) in [5, 5.41) is 13.2. The smallest absolute Gasteiger partial charge is 0.286 e. The molecular formula is C21H20Cl2N4O3S. The van der Waals surface area contributed by atoms with Gasteiger partial charge in [0.2, 0.25) is 5.01 Å². The summed E-state index contributed by atoms with van der Waals surface area (Å²) >= 11 is 13.4. The Balaban J connectivity index is 1.36. The van der Waals surface area contributed by atoms with E-state index >= 15 is 0 Å². The predicted molar refractivity (Wildman–Crippen MR) is 121 cm³/mol. The van der Waals surface area contributed by atoms with Crippen molar-refractivity contribution in [3.63, 3.8) is 0 Å². The molecular weight excluding hydrogens is 459 g/mol. The van der Waals surface area contributed by atoms with Gasteiger partial charge in [-0.15, -0.1) is 10.2 Å². The average Bonchev–Trinajstić information content (AvgIpc) is 3.25. The molecule has 4 rings (SSSR count). The first-order chi connectivity index (χ1) is 15.0. The van der Waals surface area contributed by atoms with Gasteiger partial charge >= 0.3 is 0 Å². The highest BCUT2D eigenvalue weighted by atomic mass is 35.5. The van der Waals surface area contributed by atoms with E-state index in [4.69, 9.17) is 32.7 Å². The number of hydrogen-bond acceptors (Lipinski definition) is 7. The largest absolute Gasteiger partial charge is 0.497 e. The molecule has 162 valence electrons. The van der Waals surface area contributed by atoms with Gasteiger partial charge in [0.1, 0.15) is 10.8 Å². The molecule has 0 aliphatic carbocycles. The first-order valence-electron chi connectivity index (χ1n) is 9.58. The molecule has 1 fully saturated rings. The van der Waals surface area contributed by atoms with Crippen molar-refractivity contribution in [2.45, 2.75) is 12.6 Å². The van der Waals surface area contributed by atoms with Gasteiger partial charge in [0.25, 0.3) is 5.91 Å². The van der Waals surface area contributed by atoms with Crippen molar-refractivity contribution in [3.8, 4) is 5.75 Å². The number of nitrogens with one attached hydrogen (secondary N) is 1. The maximum absolute atomic E-state index is 12.5. The van der Waals surface area contributed by atoms with E-state index in [-0.39, 0.29) is 12.0 Å². The van der Waals surface area contributed by atoms with Crippen LogP contribution in [-0.2, 0) is 11.3 Å². The van der Waals surface area contributed by atoms with Gasteiger partial charge in [0, 0.05) is 18.8 Å². The molecule has 10 heteroatoms. The zero-order chi connectivity index (χ0) is 21.8. The number of amides is 1. The number of carbonyl (C=O) groups is 1. The van der Waals surface area contributed by atoms with Crippen molar-refractivity contribution < 1.29 is 14.3 Å². The van der Waals surface area contributed by atoms with E-state index < -0.39 is 0 Å². The summed E-state index contributed by atoms with van der Waals surface area (Å²) in [5.74, 6) is 0.436. The van der Waals surface area contributed by atoms with Crippen LogP contribution >= 0.6 is 34.5 Å². The first-order valence-corrected chi connectivity index (χ1v) is 11.2. The Labute approximate surface area is 193 Å². The van der Waals surface area contributed by atoms with E-state index in [2.05, 4.69) is 20.4 Å². The fourth-order valence-corrected chi connectivity index (χ4v) is 4.30. The van der Waals surface area contributed by atoms with Crippen molar-refractivity contribution in [1.29, 1.82) is 0 Å². The molecule has 1 N–H and O–H groups in total. The molecule has 2 aromatic carbocycles. The minimum absolute atomic E-state index is 0.103. The molecule has 0 radical (unpaired) electrons.